The largest absolute Gasteiger partial charge is 0.275 e. The van der Waals surface area contributed by atoms with E-state index in [1.807, 2.05) is 24.6 Å². The fourth-order valence-electron chi connectivity index (χ4n) is 1.41. The van der Waals surface area contributed by atoms with E-state index in [-0.39, 0.29) is 0 Å². The Balaban J connectivity index is 2.29. The average Bonchev–Trinajstić information content (AvgIpc) is 2.21. The van der Waals surface area contributed by atoms with Gasteiger partial charge in [-0.15, -0.1) is 0 Å². The monoisotopic (exact) mass is 182 g/mol. The third-order valence-electron chi connectivity index (χ3n) is 2.27. The number of nitrogens with one attached hydrogen (secondary N) is 1. The molecule has 0 saturated heterocycles. The molecule has 0 amide bonds. The van der Waals surface area contributed by atoms with Crippen molar-refractivity contribution in [1.82, 2.24) is 0 Å². The minimum Gasteiger partial charge on any atom is -0.275 e. The van der Waals surface area contributed by atoms with Crippen LogP contribution in [0.2, 0.25) is 0 Å². The molecule has 1 heteroatoms. The highest BCUT2D eigenvalue weighted by Crippen LogP contribution is 2.19. The molecule has 0 aliphatic heterocycles. The third kappa shape index (κ3) is 1.77. The van der Waals surface area contributed by atoms with E-state index in [0.29, 0.717) is 5.71 Å². The van der Waals surface area contributed by atoms with E-state index in [2.05, 4.69) is 31.2 Å². The van der Waals surface area contributed by atoms with Gasteiger partial charge in [-0.25, -0.2) is 0 Å². The number of allylic oxidation sites excluding steroid dienone is 4. The number of hydrogen-bond donors (Lipinski definition) is 1. The molecular formula is C13H12N+. The van der Waals surface area contributed by atoms with Crippen molar-refractivity contribution < 1.29 is 0 Å². The highest BCUT2D eigenvalue weighted by Gasteiger charge is 2.11. The maximum atomic E-state index is 7.39. The summed E-state index contributed by atoms with van der Waals surface area (Å²) in [5.41, 5.74) is 4.20. The summed E-state index contributed by atoms with van der Waals surface area (Å²) in [6.45, 7) is 2.08. The molecule has 1 aliphatic carbocycles. The Hall–Kier alpha value is -1.76. The molecule has 0 heterocycles. The Labute approximate surface area is 84.3 Å². The van der Waals surface area contributed by atoms with Gasteiger partial charge in [0.1, 0.15) is 0 Å². The van der Waals surface area contributed by atoms with Gasteiger partial charge in [0.2, 0.25) is 0 Å². The van der Waals surface area contributed by atoms with Crippen LogP contribution in [0.3, 0.4) is 0 Å². The highest BCUT2D eigenvalue weighted by molar-refractivity contribution is 6.06. The molecule has 0 unspecified atom stereocenters. The first-order valence-corrected chi connectivity index (χ1v) is 4.64. The molecular weight excluding hydrogens is 170 g/mol. The molecule has 0 atom stereocenters. The van der Waals surface area contributed by atoms with Crippen molar-refractivity contribution in [3.63, 3.8) is 0 Å². The lowest BCUT2D eigenvalue weighted by molar-refractivity contribution is 1.45. The van der Waals surface area contributed by atoms with Crippen molar-refractivity contribution in [2.75, 3.05) is 0 Å². The minimum absolute atomic E-state index is 0.556. The van der Waals surface area contributed by atoms with Crippen molar-refractivity contribution >= 4 is 11.3 Å². The summed E-state index contributed by atoms with van der Waals surface area (Å²) in [4.78, 5) is 0. The molecule has 1 aliphatic rings. The Morgan fingerprint density at radius 1 is 1.07 bits per heavy atom. The molecule has 1 aromatic carbocycles. The van der Waals surface area contributed by atoms with Gasteiger partial charge in [-0.05, 0) is 19.1 Å². The summed E-state index contributed by atoms with van der Waals surface area (Å²) in [6.07, 6.45) is 7.59. The van der Waals surface area contributed by atoms with Gasteiger partial charge in [0, 0.05) is 5.56 Å². The third-order valence-corrected chi connectivity index (χ3v) is 2.27. The second-order valence-corrected chi connectivity index (χ2v) is 3.44. The van der Waals surface area contributed by atoms with Crippen LogP contribution in [0.4, 0.5) is 0 Å². The molecule has 0 aromatic heterocycles. The fraction of sp³-hybridized carbons (Fsp3) is 0.0769. The molecule has 0 saturated carbocycles. The SMILES string of the molecule is Cc1ccc(C2=C[CH+]C(=N)C=C2)cc1. The van der Waals surface area contributed by atoms with Crippen LogP contribution in [-0.4, -0.2) is 5.71 Å². The van der Waals surface area contributed by atoms with Crippen molar-refractivity contribution in [2.45, 2.75) is 6.92 Å². The average molecular weight is 182 g/mol. The Bertz CT molecular complexity index is 407. The van der Waals surface area contributed by atoms with E-state index >= 15 is 0 Å². The summed E-state index contributed by atoms with van der Waals surface area (Å²) in [5, 5.41) is 7.39. The molecule has 0 bridgehead atoms. The molecule has 1 N–H and O–H groups in total. The van der Waals surface area contributed by atoms with Crippen LogP contribution in [0.15, 0.2) is 42.5 Å². The topological polar surface area (TPSA) is 23.9 Å². The maximum Gasteiger partial charge on any atom is 0.165 e. The second-order valence-electron chi connectivity index (χ2n) is 3.44. The normalized spacial score (nSPS) is 14.9. The fourth-order valence-corrected chi connectivity index (χ4v) is 1.41. The van der Waals surface area contributed by atoms with Gasteiger partial charge in [-0.2, -0.15) is 0 Å². The smallest absolute Gasteiger partial charge is 0.165 e. The molecule has 1 aromatic rings. The van der Waals surface area contributed by atoms with Gasteiger partial charge in [0.05, 0.1) is 30.2 Å². The van der Waals surface area contributed by atoms with Crippen LogP contribution < -0.4 is 0 Å². The van der Waals surface area contributed by atoms with Gasteiger partial charge in [-0.3, -0.25) is 5.41 Å². The zero-order chi connectivity index (χ0) is 9.97. The predicted molar refractivity (Wildman–Crippen MR) is 60.3 cm³/mol. The van der Waals surface area contributed by atoms with Gasteiger partial charge in [-0.1, -0.05) is 17.7 Å². The minimum atomic E-state index is 0.556. The molecule has 2 rings (SSSR count). The lowest BCUT2D eigenvalue weighted by atomic mass is 9.98. The van der Waals surface area contributed by atoms with Gasteiger partial charge >= 0.3 is 0 Å². The molecule has 14 heavy (non-hydrogen) atoms. The maximum absolute atomic E-state index is 7.39. The predicted octanol–water partition coefficient (Wildman–Crippen LogP) is 3.17. The van der Waals surface area contributed by atoms with E-state index in [9.17, 15) is 0 Å². The summed E-state index contributed by atoms with van der Waals surface area (Å²) in [6, 6.07) is 8.41. The molecule has 0 radical (unpaired) electrons. The van der Waals surface area contributed by atoms with Crippen molar-refractivity contribution in [3.05, 3.63) is 60.0 Å². The first-order valence-electron chi connectivity index (χ1n) is 4.64. The standard InChI is InChI=1S/C13H12N/c1-10-2-4-11(5-3-10)12-6-8-13(14)9-7-12/h2-9,14H,1H3/q+1. The van der Waals surface area contributed by atoms with E-state index < -0.39 is 0 Å². The Morgan fingerprint density at radius 2 is 1.79 bits per heavy atom. The van der Waals surface area contributed by atoms with Crippen LogP contribution in [-0.2, 0) is 0 Å². The highest BCUT2D eigenvalue weighted by atomic mass is 14.4. The number of hydrogen-bond acceptors (Lipinski definition) is 1. The lowest BCUT2D eigenvalue weighted by Gasteiger charge is -2.00. The van der Waals surface area contributed by atoms with Gasteiger partial charge < -0.3 is 0 Å². The van der Waals surface area contributed by atoms with Crippen molar-refractivity contribution in [1.29, 1.82) is 5.41 Å². The second kappa shape index (κ2) is 3.54. The van der Waals surface area contributed by atoms with Crippen molar-refractivity contribution in [3.8, 4) is 0 Å². The van der Waals surface area contributed by atoms with E-state index in [4.69, 9.17) is 5.41 Å². The van der Waals surface area contributed by atoms with Crippen LogP contribution >= 0.6 is 0 Å². The van der Waals surface area contributed by atoms with E-state index in [0.717, 1.165) is 0 Å². The number of benzene rings is 1. The molecule has 68 valence electrons. The summed E-state index contributed by atoms with van der Waals surface area (Å²) >= 11 is 0. The van der Waals surface area contributed by atoms with Crippen molar-refractivity contribution in [2.24, 2.45) is 0 Å². The molecule has 0 spiro atoms. The first-order chi connectivity index (χ1) is 6.75. The Kier molecular flexibility index (Phi) is 2.23. The van der Waals surface area contributed by atoms with Crippen LogP contribution in [0.25, 0.3) is 5.57 Å². The molecule has 1 nitrogen and oxygen atoms in total. The quantitative estimate of drug-likeness (QED) is 0.645. The van der Waals surface area contributed by atoms with Crippen LogP contribution in [0.5, 0.6) is 0 Å². The van der Waals surface area contributed by atoms with Crippen LogP contribution in [0, 0.1) is 18.8 Å². The van der Waals surface area contributed by atoms with Gasteiger partial charge in [0.25, 0.3) is 0 Å². The Morgan fingerprint density at radius 3 is 2.36 bits per heavy atom. The number of rotatable bonds is 1. The summed E-state index contributed by atoms with van der Waals surface area (Å²) < 4.78 is 0. The first kappa shape index (κ1) is 8.82. The van der Waals surface area contributed by atoms with Crippen LogP contribution in [0.1, 0.15) is 11.1 Å². The zero-order valence-corrected chi connectivity index (χ0v) is 8.12. The summed E-state index contributed by atoms with van der Waals surface area (Å²) in [5.74, 6) is 0. The lowest BCUT2D eigenvalue weighted by Crippen LogP contribution is -1.96. The van der Waals surface area contributed by atoms with Gasteiger partial charge in [0.15, 0.2) is 5.71 Å². The number of aryl methyl sites for hydroxylation is 1. The molecule has 0 fully saturated rings. The zero-order valence-electron chi connectivity index (χ0n) is 8.12. The van der Waals surface area contributed by atoms with E-state index in [1.54, 1.807) is 0 Å². The van der Waals surface area contributed by atoms with E-state index in [1.165, 1.54) is 16.7 Å². The summed E-state index contributed by atoms with van der Waals surface area (Å²) in [7, 11) is 0.